The number of nitrogens with one attached hydrogen (secondary N) is 1. The molecule has 0 aliphatic rings. The molecule has 0 spiro atoms. The van der Waals surface area contributed by atoms with Gasteiger partial charge in [0.05, 0.1) is 10.6 Å². The Bertz CT molecular complexity index is 1720. The summed E-state index contributed by atoms with van der Waals surface area (Å²) in [5, 5.41) is 2.98. The van der Waals surface area contributed by atoms with Crippen LogP contribution in [-0.4, -0.2) is 43.8 Å². The van der Waals surface area contributed by atoms with Crippen LogP contribution in [0.1, 0.15) is 42.5 Å². The molecule has 236 valence electrons. The van der Waals surface area contributed by atoms with Crippen molar-refractivity contribution in [3.05, 3.63) is 131 Å². The summed E-state index contributed by atoms with van der Waals surface area (Å²) in [4.78, 5) is 29.7. The van der Waals surface area contributed by atoms with Crippen molar-refractivity contribution in [2.24, 2.45) is 0 Å². The number of carbonyl (C=O) groups is 2. The molecule has 2 amide bonds. The SMILES string of the molecule is CC[C@@H](C)NC(=O)[C@@H](Cc1ccccc1)N(Cc1ccccc1F)C(=O)CN(c1ccc(C)cc1C)S(=O)(=O)c1ccccc1. The third-order valence-corrected chi connectivity index (χ3v) is 9.58. The topological polar surface area (TPSA) is 86.8 Å². The predicted molar refractivity (Wildman–Crippen MR) is 176 cm³/mol. The number of aryl methyl sites for hydroxylation is 2. The lowest BCUT2D eigenvalue weighted by Crippen LogP contribution is -2.54. The van der Waals surface area contributed by atoms with Gasteiger partial charge in [0.2, 0.25) is 11.8 Å². The van der Waals surface area contributed by atoms with Gasteiger partial charge in [-0.05, 0) is 62.6 Å². The number of amides is 2. The first-order valence-electron chi connectivity index (χ1n) is 15.0. The van der Waals surface area contributed by atoms with Gasteiger partial charge in [-0.2, -0.15) is 0 Å². The van der Waals surface area contributed by atoms with Crippen molar-refractivity contribution in [1.29, 1.82) is 0 Å². The molecule has 0 aromatic heterocycles. The minimum absolute atomic E-state index is 0.0220. The molecule has 4 aromatic carbocycles. The van der Waals surface area contributed by atoms with Gasteiger partial charge in [-0.1, -0.05) is 91.3 Å². The number of halogens is 1. The maximum absolute atomic E-state index is 15.1. The van der Waals surface area contributed by atoms with E-state index in [1.54, 1.807) is 55.5 Å². The number of hydrogen-bond donors (Lipinski definition) is 1. The van der Waals surface area contributed by atoms with Gasteiger partial charge in [-0.25, -0.2) is 12.8 Å². The van der Waals surface area contributed by atoms with Crippen LogP contribution in [0.15, 0.2) is 108 Å². The lowest BCUT2D eigenvalue weighted by Gasteiger charge is -2.34. The van der Waals surface area contributed by atoms with Gasteiger partial charge in [-0.3, -0.25) is 13.9 Å². The van der Waals surface area contributed by atoms with Gasteiger partial charge in [0.1, 0.15) is 18.4 Å². The second kappa shape index (κ2) is 15.0. The molecule has 0 fully saturated rings. The maximum Gasteiger partial charge on any atom is 0.264 e. The van der Waals surface area contributed by atoms with Crippen molar-refractivity contribution in [2.45, 2.75) is 64.1 Å². The molecule has 0 radical (unpaired) electrons. The summed E-state index contributed by atoms with van der Waals surface area (Å²) in [6.45, 7) is 6.67. The minimum Gasteiger partial charge on any atom is -0.352 e. The molecule has 9 heteroatoms. The summed E-state index contributed by atoms with van der Waals surface area (Å²) in [5.41, 5.74) is 2.96. The Morgan fingerprint density at radius 3 is 2.11 bits per heavy atom. The van der Waals surface area contributed by atoms with Crippen molar-refractivity contribution < 1.29 is 22.4 Å². The zero-order chi connectivity index (χ0) is 32.6. The Balaban J connectivity index is 1.83. The third kappa shape index (κ3) is 8.36. The lowest BCUT2D eigenvalue weighted by molar-refractivity contribution is -0.140. The number of carbonyl (C=O) groups excluding carboxylic acids is 2. The smallest absolute Gasteiger partial charge is 0.264 e. The molecule has 0 aliphatic carbocycles. The fraction of sp³-hybridized carbons (Fsp3) is 0.278. The van der Waals surface area contributed by atoms with E-state index >= 15 is 4.39 Å². The molecule has 0 bridgehead atoms. The highest BCUT2D eigenvalue weighted by atomic mass is 32.2. The predicted octanol–water partition coefficient (Wildman–Crippen LogP) is 6.19. The van der Waals surface area contributed by atoms with Gasteiger partial charge in [0.25, 0.3) is 10.0 Å². The van der Waals surface area contributed by atoms with Crippen LogP contribution in [0.2, 0.25) is 0 Å². The highest BCUT2D eigenvalue weighted by molar-refractivity contribution is 7.92. The van der Waals surface area contributed by atoms with Gasteiger partial charge < -0.3 is 10.2 Å². The van der Waals surface area contributed by atoms with E-state index in [9.17, 15) is 18.0 Å². The molecule has 0 saturated heterocycles. The standard InChI is InChI=1S/C36H40FN3O4S/c1-5-28(4)38-36(42)34(23-29-14-8-6-9-15-29)39(24-30-16-12-13-19-32(30)37)35(41)25-40(33-21-20-26(2)22-27(33)3)45(43,44)31-17-10-7-11-18-31/h6-22,28,34H,5,23-25H2,1-4H3,(H,38,42)/t28-,34-/m1/s1. The molecular formula is C36H40FN3O4S. The number of sulfonamides is 1. The Kier molecular flexibility index (Phi) is 11.1. The van der Waals surface area contributed by atoms with Gasteiger partial charge in [-0.15, -0.1) is 0 Å². The molecule has 4 aromatic rings. The third-order valence-electron chi connectivity index (χ3n) is 7.80. The Labute approximate surface area is 265 Å². The second-order valence-corrected chi connectivity index (χ2v) is 13.1. The first kappa shape index (κ1) is 33.4. The number of rotatable bonds is 13. The van der Waals surface area contributed by atoms with Crippen molar-refractivity contribution >= 4 is 27.5 Å². The summed E-state index contributed by atoms with van der Waals surface area (Å²) in [6, 6.07) is 27.3. The quantitative estimate of drug-likeness (QED) is 0.191. The Morgan fingerprint density at radius 1 is 0.867 bits per heavy atom. The average molecular weight is 630 g/mol. The van der Waals surface area contributed by atoms with Crippen molar-refractivity contribution in [1.82, 2.24) is 10.2 Å². The van der Waals surface area contributed by atoms with Crippen LogP contribution >= 0.6 is 0 Å². The number of nitrogens with zero attached hydrogens (tertiary/aromatic N) is 2. The fourth-order valence-electron chi connectivity index (χ4n) is 5.12. The summed E-state index contributed by atoms with van der Waals surface area (Å²) >= 11 is 0. The molecule has 7 nitrogen and oxygen atoms in total. The second-order valence-electron chi connectivity index (χ2n) is 11.3. The normalized spacial score (nSPS) is 12.6. The summed E-state index contributed by atoms with van der Waals surface area (Å²) in [6.07, 6.45) is 0.819. The maximum atomic E-state index is 15.1. The molecule has 2 atom stereocenters. The average Bonchev–Trinajstić information content (AvgIpc) is 3.03. The molecule has 0 saturated carbocycles. The monoisotopic (exact) mass is 629 g/mol. The van der Waals surface area contributed by atoms with Crippen LogP contribution in [0.5, 0.6) is 0 Å². The van der Waals surface area contributed by atoms with E-state index in [4.69, 9.17) is 0 Å². The van der Waals surface area contributed by atoms with Crippen molar-refractivity contribution in [3.8, 4) is 0 Å². The molecule has 0 unspecified atom stereocenters. The first-order valence-corrected chi connectivity index (χ1v) is 16.5. The van der Waals surface area contributed by atoms with E-state index in [2.05, 4.69) is 5.32 Å². The molecule has 4 rings (SSSR count). The van der Waals surface area contributed by atoms with Gasteiger partial charge in [0.15, 0.2) is 0 Å². The fourth-order valence-corrected chi connectivity index (χ4v) is 6.62. The number of benzene rings is 4. The summed E-state index contributed by atoms with van der Waals surface area (Å²) < 4.78 is 44.4. The van der Waals surface area contributed by atoms with Crippen molar-refractivity contribution in [3.63, 3.8) is 0 Å². The van der Waals surface area contributed by atoms with E-state index in [0.29, 0.717) is 17.7 Å². The van der Waals surface area contributed by atoms with E-state index in [0.717, 1.165) is 15.4 Å². The van der Waals surface area contributed by atoms with Crippen LogP contribution in [0, 0.1) is 19.7 Å². The van der Waals surface area contributed by atoms with Crippen LogP contribution in [0.25, 0.3) is 0 Å². The summed E-state index contributed by atoms with van der Waals surface area (Å²) in [7, 11) is -4.22. The van der Waals surface area contributed by atoms with E-state index < -0.39 is 40.2 Å². The van der Waals surface area contributed by atoms with Gasteiger partial charge in [0, 0.05) is 24.6 Å². The number of anilines is 1. The largest absolute Gasteiger partial charge is 0.352 e. The van der Waals surface area contributed by atoms with Crippen molar-refractivity contribution in [2.75, 3.05) is 10.8 Å². The van der Waals surface area contributed by atoms with Crippen LogP contribution in [-0.2, 0) is 32.6 Å². The molecule has 1 N–H and O–H groups in total. The minimum atomic E-state index is -4.22. The first-order chi connectivity index (χ1) is 21.5. The van der Waals surface area contributed by atoms with E-state index in [1.165, 1.54) is 23.1 Å². The molecule has 45 heavy (non-hydrogen) atoms. The Hall–Kier alpha value is -4.50. The van der Waals surface area contributed by atoms with E-state index in [1.807, 2.05) is 57.2 Å². The molecular weight excluding hydrogens is 589 g/mol. The summed E-state index contributed by atoms with van der Waals surface area (Å²) in [5.74, 6) is -1.57. The lowest BCUT2D eigenvalue weighted by atomic mass is 10.0. The number of hydrogen-bond acceptors (Lipinski definition) is 4. The van der Waals surface area contributed by atoms with Crippen LogP contribution < -0.4 is 9.62 Å². The van der Waals surface area contributed by atoms with Gasteiger partial charge >= 0.3 is 0 Å². The molecule has 0 heterocycles. The highest BCUT2D eigenvalue weighted by Crippen LogP contribution is 2.28. The van der Waals surface area contributed by atoms with E-state index in [-0.39, 0.29) is 29.5 Å². The van der Waals surface area contributed by atoms with Crippen LogP contribution in [0.4, 0.5) is 10.1 Å². The molecule has 0 aliphatic heterocycles. The zero-order valence-corrected chi connectivity index (χ0v) is 26.9. The highest BCUT2D eigenvalue weighted by Gasteiger charge is 2.35. The Morgan fingerprint density at radius 2 is 1.49 bits per heavy atom. The zero-order valence-electron chi connectivity index (χ0n) is 26.1. The van der Waals surface area contributed by atoms with Crippen LogP contribution in [0.3, 0.4) is 0 Å².